The van der Waals surface area contributed by atoms with Gasteiger partial charge < -0.3 is 5.73 Å². The van der Waals surface area contributed by atoms with Crippen molar-refractivity contribution in [1.29, 1.82) is 0 Å². The lowest BCUT2D eigenvalue weighted by Gasteiger charge is -2.47. The molecule has 2 N–H and O–H groups in total. The molecule has 16 heteroatoms. The summed E-state index contributed by atoms with van der Waals surface area (Å²) in [6, 6.07) is 3.43. The fraction of sp³-hybridized carbons (Fsp3) is 0.321. The maximum absolute atomic E-state index is 14.3. The van der Waals surface area contributed by atoms with Gasteiger partial charge in [-0.3, -0.25) is 14.5 Å². The molecule has 0 bridgehead atoms. The number of nitrogens with zero attached hydrogens (tertiary/aromatic N) is 7. The number of halogens is 5. The number of pyridine rings is 2. The van der Waals surface area contributed by atoms with Gasteiger partial charge in [0.15, 0.2) is 5.78 Å². The molecule has 0 aromatic carbocycles. The summed E-state index contributed by atoms with van der Waals surface area (Å²) in [5.41, 5.74) is 5.69. The van der Waals surface area contributed by atoms with E-state index in [2.05, 4.69) is 30.9 Å². The minimum absolute atomic E-state index is 0.0555. The first-order valence-electron chi connectivity index (χ1n) is 13.3. The van der Waals surface area contributed by atoms with E-state index in [1.807, 2.05) is 0 Å². The molecular weight excluding hydrogens is 607 g/mol. The van der Waals surface area contributed by atoms with Crippen LogP contribution in [0.15, 0.2) is 76.6 Å². The first kappa shape index (κ1) is 31.1. The van der Waals surface area contributed by atoms with Crippen LogP contribution in [0.2, 0.25) is 0 Å². The van der Waals surface area contributed by atoms with Crippen LogP contribution in [-0.4, -0.2) is 69.4 Å². The molecule has 10 nitrogen and oxygen atoms in total. The predicted octanol–water partition coefficient (Wildman–Crippen LogP) is 4.11. The number of fused-ring (bicyclic) bond motifs is 1. The van der Waals surface area contributed by atoms with Gasteiger partial charge >= 0.3 is 6.18 Å². The molecule has 2 aliphatic carbocycles. The van der Waals surface area contributed by atoms with Gasteiger partial charge in [0.25, 0.3) is 0 Å². The van der Waals surface area contributed by atoms with Gasteiger partial charge in [0.2, 0.25) is 11.1 Å². The largest absolute Gasteiger partial charge is 0.404 e. The second-order valence-corrected chi connectivity index (χ2v) is 12.7. The number of aromatic nitrogens is 5. The first-order chi connectivity index (χ1) is 20.7. The Balaban J connectivity index is 1.64. The zero-order valence-electron chi connectivity index (χ0n) is 23.3. The van der Waals surface area contributed by atoms with Crippen molar-refractivity contribution in [3.05, 3.63) is 83.9 Å². The maximum atomic E-state index is 14.3. The number of allylic oxidation sites excluding steroid dienone is 3. The zero-order chi connectivity index (χ0) is 31.9. The van der Waals surface area contributed by atoms with Crippen LogP contribution < -0.4 is 5.73 Å². The fourth-order valence-corrected chi connectivity index (χ4v) is 7.34. The van der Waals surface area contributed by atoms with Crippen molar-refractivity contribution >= 4 is 32.8 Å². The predicted molar refractivity (Wildman–Crippen MR) is 152 cm³/mol. The molecule has 0 radical (unpaired) electrons. The molecule has 3 aromatic rings. The van der Waals surface area contributed by atoms with Crippen molar-refractivity contribution in [3.8, 4) is 0 Å². The summed E-state index contributed by atoms with van der Waals surface area (Å²) in [5.74, 6) is 1.54. The van der Waals surface area contributed by atoms with Crippen molar-refractivity contribution in [2.45, 2.75) is 43.1 Å². The van der Waals surface area contributed by atoms with E-state index < -0.39 is 51.4 Å². The van der Waals surface area contributed by atoms with E-state index in [1.54, 1.807) is 6.08 Å². The molecule has 2 aliphatic rings. The Morgan fingerprint density at radius 2 is 2.05 bits per heavy atom. The Kier molecular flexibility index (Phi) is 8.24. The number of alkyl halides is 3. The lowest BCUT2D eigenvalue weighted by atomic mass is 9.59. The lowest BCUT2D eigenvalue weighted by Crippen LogP contribution is -2.52. The Hall–Kier alpha value is -4.31. The van der Waals surface area contributed by atoms with Gasteiger partial charge in [0.1, 0.15) is 24.4 Å². The van der Waals surface area contributed by atoms with Gasteiger partial charge in [-0.25, -0.2) is 27.9 Å². The van der Waals surface area contributed by atoms with E-state index in [9.17, 15) is 31.0 Å². The molecule has 3 atom stereocenters. The highest BCUT2D eigenvalue weighted by molar-refractivity contribution is 7.98. The Morgan fingerprint density at radius 3 is 2.66 bits per heavy atom. The Labute approximate surface area is 249 Å². The number of aliphatic imine (C=N–C) groups is 1. The number of Topliss-reactive ketones (excluding diaryl/α,β-unsaturated/α-hetero) is 1. The van der Waals surface area contributed by atoms with Crippen LogP contribution in [0.25, 0.3) is 0 Å². The third-order valence-electron chi connectivity index (χ3n) is 7.61. The van der Waals surface area contributed by atoms with Crippen LogP contribution in [0.5, 0.6) is 0 Å². The van der Waals surface area contributed by atoms with E-state index >= 15 is 0 Å². The van der Waals surface area contributed by atoms with Crippen molar-refractivity contribution in [2.75, 3.05) is 6.54 Å². The van der Waals surface area contributed by atoms with E-state index in [4.69, 9.17) is 5.73 Å². The zero-order valence-corrected chi connectivity index (χ0v) is 24.2. The van der Waals surface area contributed by atoms with Gasteiger partial charge in [0, 0.05) is 25.4 Å². The average Bonchev–Trinajstić information content (AvgIpc) is 3.43. The highest BCUT2D eigenvalue weighted by Gasteiger charge is 2.52. The molecule has 0 aliphatic heterocycles. The van der Waals surface area contributed by atoms with Gasteiger partial charge in [-0.2, -0.15) is 17.6 Å². The third-order valence-corrected chi connectivity index (χ3v) is 9.56. The highest BCUT2D eigenvalue weighted by atomic mass is 32.2. The standard InChI is InChI=1S/C28H27F5N8O2S/c1-40-16-37-26(39-40)44(2,43)41(15-28(31,32)33)21-5-3-18-9-22(38-20-4-6-24(30)36-14-20)17(13-34)11-27(18,12-21)25(42)23-10-19(29)7-8-35-23/h4,6-10,13-14,16,21H,2-3,5,11-12,15,34H2,1H3/t21-,27-,44?/m0/s1. The smallest absolute Gasteiger partial charge is 0.402 e. The first-order valence-corrected chi connectivity index (χ1v) is 15.0. The molecular formula is C28H27F5N8O2S. The van der Waals surface area contributed by atoms with Gasteiger partial charge in [-0.15, -0.1) is 5.10 Å². The number of nitrogens with two attached hydrogens (primary N) is 1. The number of hydrogen-bond acceptors (Lipinski definition) is 8. The van der Waals surface area contributed by atoms with Gasteiger partial charge in [0.05, 0.1) is 32.7 Å². The van der Waals surface area contributed by atoms with Crippen LogP contribution in [0.4, 0.5) is 27.6 Å². The van der Waals surface area contributed by atoms with E-state index in [-0.39, 0.29) is 36.5 Å². The minimum atomic E-state index is -4.79. The molecule has 1 fully saturated rings. The number of aryl methyl sites for hydroxylation is 1. The van der Waals surface area contributed by atoms with Crippen LogP contribution in [-0.2, 0) is 16.8 Å². The summed E-state index contributed by atoms with van der Waals surface area (Å²) >= 11 is 0. The minimum Gasteiger partial charge on any atom is -0.404 e. The van der Waals surface area contributed by atoms with Crippen molar-refractivity contribution in [1.82, 2.24) is 29.0 Å². The lowest BCUT2D eigenvalue weighted by molar-refractivity contribution is -0.140. The van der Waals surface area contributed by atoms with Crippen LogP contribution in [0.3, 0.4) is 0 Å². The fourth-order valence-electron chi connectivity index (χ4n) is 5.65. The summed E-state index contributed by atoms with van der Waals surface area (Å²) in [7, 11) is -2.41. The SMILES string of the molecule is C=S(=O)(c1ncn(C)n1)N(CC(F)(F)F)[C@H]1CCC2=CC(=Nc3ccc(F)nc3)C(=CN)C[C@]2(C(=O)c2cc(F)ccn2)C1. The molecule has 0 saturated heterocycles. The van der Waals surface area contributed by atoms with E-state index in [0.29, 0.717) is 26.9 Å². The summed E-state index contributed by atoms with van der Waals surface area (Å²) in [6.45, 7) is -1.61. The van der Waals surface area contributed by atoms with E-state index in [1.165, 1.54) is 36.5 Å². The Morgan fingerprint density at radius 1 is 1.27 bits per heavy atom. The monoisotopic (exact) mass is 634 g/mol. The maximum Gasteiger partial charge on any atom is 0.402 e. The normalized spacial score (nSPS) is 23.8. The molecule has 44 heavy (non-hydrogen) atoms. The summed E-state index contributed by atoms with van der Waals surface area (Å²) < 4.78 is 85.4. The topological polar surface area (TPSA) is 132 Å². The summed E-state index contributed by atoms with van der Waals surface area (Å²) in [4.78, 5) is 30.3. The number of rotatable bonds is 7. The number of carbonyl (C=O) groups is 1. The molecule has 1 saturated carbocycles. The van der Waals surface area contributed by atoms with Crippen LogP contribution in [0, 0.1) is 17.2 Å². The second-order valence-electron chi connectivity index (χ2n) is 10.6. The molecule has 3 aromatic heterocycles. The average molecular weight is 635 g/mol. The Bertz CT molecular complexity index is 1780. The van der Waals surface area contributed by atoms with Crippen LogP contribution >= 0.6 is 0 Å². The van der Waals surface area contributed by atoms with Gasteiger partial charge in [-0.05, 0) is 67.6 Å². The van der Waals surface area contributed by atoms with Crippen molar-refractivity contribution in [2.24, 2.45) is 23.2 Å². The molecule has 232 valence electrons. The van der Waals surface area contributed by atoms with Crippen LogP contribution in [0.1, 0.15) is 36.2 Å². The molecule has 1 unspecified atom stereocenters. The molecule has 0 spiro atoms. The molecule has 0 amide bonds. The van der Waals surface area contributed by atoms with Crippen molar-refractivity contribution in [3.63, 3.8) is 0 Å². The number of hydrogen-bond donors (Lipinski definition) is 1. The quantitative estimate of drug-likeness (QED) is 0.179. The second kappa shape index (κ2) is 11.6. The number of ketones is 1. The summed E-state index contributed by atoms with van der Waals surface area (Å²) in [6.07, 6.45) is 1.32. The van der Waals surface area contributed by atoms with Crippen molar-refractivity contribution < 1.29 is 31.0 Å². The number of carbonyl (C=O) groups excluding carboxylic acids is 1. The molecule has 5 rings (SSSR count). The third kappa shape index (κ3) is 6.17. The molecule has 3 heterocycles. The van der Waals surface area contributed by atoms with Gasteiger partial charge in [-0.1, -0.05) is 5.57 Å². The summed E-state index contributed by atoms with van der Waals surface area (Å²) in [5, 5.41) is 3.58. The van der Waals surface area contributed by atoms with E-state index in [0.717, 1.165) is 24.4 Å². The highest BCUT2D eigenvalue weighted by Crippen LogP contribution is 2.52.